The van der Waals surface area contributed by atoms with Crippen molar-refractivity contribution in [2.24, 2.45) is 0 Å². The highest BCUT2D eigenvalue weighted by Gasteiger charge is 2.36. The van der Waals surface area contributed by atoms with Gasteiger partial charge in [0.05, 0.1) is 42.0 Å². The first-order valence-corrected chi connectivity index (χ1v) is 9.94. The lowest BCUT2D eigenvalue weighted by molar-refractivity contribution is -0.137. The van der Waals surface area contributed by atoms with Crippen LogP contribution in [0.5, 0.6) is 5.75 Å². The average Bonchev–Trinajstić information content (AvgIpc) is 3.33. The number of nitrogens with one attached hydrogen (secondary N) is 1. The molecule has 4 aromatic rings. The molecule has 0 aliphatic heterocycles. The van der Waals surface area contributed by atoms with Gasteiger partial charge in [-0.2, -0.15) is 23.4 Å². The zero-order valence-corrected chi connectivity index (χ0v) is 18.0. The first kappa shape index (κ1) is 23.2. The van der Waals surface area contributed by atoms with Crippen molar-refractivity contribution in [3.8, 4) is 22.7 Å². The highest BCUT2D eigenvalue weighted by atomic mass is 35.5. The normalized spacial score (nSPS) is 11.4. The molecule has 34 heavy (non-hydrogen) atoms. The van der Waals surface area contributed by atoms with Crippen molar-refractivity contribution in [1.29, 1.82) is 0 Å². The lowest BCUT2D eigenvalue weighted by Gasteiger charge is -2.15. The molecule has 0 unspecified atom stereocenters. The molecular weight excluding hydrogens is 478 g/mol. The van der Waals surface area contributed by atoms with Crippen LogP contribution < -0.4 is 10.1 Å². The maximum absolute atomic E-state index is 13.6. The molecule has 2 aromatic heterocycles. The van der Waals surface area contributed by atoms with Gasteiger partial charge in [0.15, 0.2) is 5.82 Å². The number of pyridine rings is 1. The summed E-state index contributed by atoms with van der Waals surface area (Å²) < 4.78 is 59.4. The topological polar surface area (TPSA) is 81.9 Å². The number of rotatable bonds is 5. The van der Waals surface area contributed by atoms with Crippen LogP contribution >= 0.6 is 11.6 Å². The minimum atomic E-state index is -4.77. The Kier molecular flexibility index (Phi) is 6.20. The number of benzene rings is 2. The molecule has 2 aromatic carbocycles. The molecular formula is C22H14ClF4N5O2. The van der Waals surface area contributed by atoms with E-state index in [1.54, 1.807) is 6.07 Å². The second-order valence-corrected chi connectivity index (χ2v) is 7.31. The third-order valence-electron chi connectivity index (χ3n) is 4.73. The third-order valence-corrected chi connectivity index (χ3v) is 5.04. The molecule has 7 nitrogen and oxygen atoms in total. The molecule has 4 rings (SSSR count). The number of aromatic nitrogens is 4. The predicted octanol–water partition coefficient (Wildman–Crippen LogP) is 5.40. The van der Waals surface area contributed by atoms with Gasteiger partial charge in [0, 0.05) is 5.56 Å². The second-order valence-electron chi connectivity index (χ2n) is 6.90. The predicted molar refractivity (Wildman–Crippen MR) is 116 cm³/mol. The lowest BCUT2D eigenvalue weighted by atomic mass is 10.0. The molecule has 0 saturated heterocycles. The molecule has 174 valence electrons. The van der Waals surface area contributed by atoms with E-state index in [0.29, 0.717) is 11.1 Å². The standard InChI is InChI=1S/C22H14ClF4N5O2/c1-34-19-8-12(15-5-3-13(24)9-18(15)23)2-4-16(19)21(33)31-14-10-17(22(25,26)27)20(28-11-14)32-29-6-7-30-32/h2-11H,1H3,(H,31,33). The Balaban J connectivity index is 1.65. The Morgan fingerprint density at radius 3 is 2.47 bits per heavy atom. The van der Waals surface area contributed by atoms with E-state index in [-0.39, 0.29) is 22.0 Å². The fourth-order valence-corrected chi connectivity index (χ4v) is 3.46. The maximum Gasteiger partial charge on any atom is 0.420 e. The lowest BCUT2D eigenvalue weighted by Crippen LogP contribution is -2.17. The van der Waals surface area contributed by atoms with Crippen LogP contribution in [0.4, 0.5) is 23.2 Å². The van der Waals surface area contributed by atoms with E-state index in [1.807, 2.05) is 0 Å². The fourth-order valence-electron chi connectivity index (χ4n) is 3.19. The summed E-state index contributed by atoms with van der Waals surface area (Å²) in [6.07, 6.45) is -1.28. The monoisotopic (exact) mass is 491 g/mol. The zero-order valence-electron chi connectivity index (χ0n) is 17.3. The Bertz CT molecular complexity index is 1360. The van der Waals surface area contributed by atoms with Crippen molar-refractivity contribution in [3.63, 3.8) is 0 Å². The largest absolute Gasteiger partial charge is 0.496 e. The SMILES string of the molecule is COc1cc(-c2ccc(F)cc2Cl)ccc1C(=O)Nc1cnc(-n2nccn2)c(C(F)(F)F)c1. The highest BCUT2D eigenvalue weighted by Crippen LogP contribution is 2.35. The van der Waals surface area contributed by atoms with Crippen LogP contribution in [0.25, 0.3) is 16.9 Å². The first-order chi connectivity index (χ1) is 16.2. The zero-order chi connectivity index (χ0) is 24.5. The van der Waals surface area contributed by atoms with Crippen LogP contribution in [0.1, 0.15) is 15.9 Å². The van der Waals surface area contributed by atoms with E-state index in [2.05, 4.69) is 20.5 Å². The number of amides is 1. The Hall–Kier alpha value is -3.99. The van der Waals surface area contributed by atoms with Crippen LogP contribution in [0.3, 0.4) is 0 Å². The van der Waals surface area contributed by atoms with E-state index in [9.17, 15) is 22.4 Å². The van der Waals surface area contributed by atoms with Crippen LogP contribution in [0.2, 0.25) is 5.02 Å². The van der Waals surface area contributed by atoms with E-state index >= 15 is 0 Å². The highest BCUT2D eigenvalue weighted by molar-refractivity contribution is 6.33. The van der Waals surface area contributed by atoms with Gasteiger partial charge in [-0.1, -0.05) is 17.7 Å². The summed E-state index contributed by atoms with van der Waals surface area (Å²) in [7, 11) is 1.33. The molecule has 0 radical (unpaired) electrons. The van der Waals surface area contributed by atoms with Crippen LogP contribution in [-0.2, 0) is 6.18 Å². The number of methoxy groups -OCH3 is 1. The van der Waals surface area contributed by atoms with Gasteiger partial charge in [-0.05, 0) is 42.0 Å². The summed E-state index contributed by atoms with van der Waals surface area (Å²) in [6.45, 7) is 0. The number of hydrogen-bond donors (Lipinski definition) is 1. The van der Waals surface area contributed by atoms with Crippen LogP contribution in [0, 0.1) is 5.82 Å². The van der Waals surface area contributed by atoms with Gasteiger partial charge < -0.3 is 10.1 Å². The van der Waals surface area contributed by atoms with Gasteiger partial charge >= 0.3 is 6.18 Å². The number of nitrogens with zero attached hydrogens (tertiary/aromatic N) is 4. The second kappa shape index (κ2) is 9.10. The van der Waals surface area contributed by atoms with Gasteiger partial charge in [0.2, 0.25) is 0 Å². The van der Waals surface area contributed by atoms with Crippen molar-refractivity contribution in [3.05, 3.63) is 83.0 Å². The van der Waals surface area contributed by atoms with Gasteiger partial charge in [0.1, 0.15) is 17.1 Å². The first-order valence-electron chi connectivity index (χ1n) is 9.56. The van der Waals surface area contributed by atoms with Crippen LogP contribution in [0.15, 0.2) is 61.1 Å². The Morgan fingerprint density at radius 1 is 1.09 bits per heavy atom. The van der Waals surface area contributed by atoms with Crippen molar-refractivity contribution in [2.75, 3.05) is 12.4 Å². The summed E-state index contributed by atoms with van der Waals surface area (Å²) in [5.74, 6) is -1.63. The van der Waals surface area contributed by atoms with Crippen molar-refractivity contribution >= 4 is 23.2 Å². The Labute approximate surface area is 195 Å². The number of alkyl halides is 3. The molecule has 0 atom stereocenters. The fraction of sp³-hybridized carbons (Fsp3) is 0.0909. The molecule has 0 aliphatic carbocycles. The molecule has 1 N–H and O–H groups in total. The molecule has 0 spiro atoms. The average molecular weight is 492 g/mol. The molecule has 2 heterocycles. The summed E-state index contributed by atoms with van der Waals surface area (Å²) in [4.78, 5) is 17.3. The van der Waals surface area contributed by atoms with Crippen LogP contribution in [-0.4, -0.2) is 33.0 Å². The van der Waals surface area contributed by atoms with E-state index < -0.39 is 29.3 Å². The quantitative estimate of drug-likeness (QED) is 0.378. The number of hydrogen-bond acceptors (Lipinski definition) is 5. The smallest absolute Gasteiger partial charge is 0.420 e. The third kappa shape index (κ3) is 4.69. The minimum Gasteiger partial charge on any atom is -0.496 e. The number of ether oxygens (including phenoxy) is 1. The number of carbonyl (C=O) groups excluding carboxylic acids is 1. The maximum atomic E-state index is 13.6. The molecule has 0 bridgehead atoms. The van der Waals surface area contributed by atoms with E-state index in [4.69, 9.17) is 16.3 Å². The van der Waals surface area contributed by atoms with Gasteiger partial charge in [-0.3, -0.25) is 4.79 Å². The Morgan fingerprint density at radius 2 is 1.82 bits per heavy atom. The molecule has 0 saturated carbocycles. The van der Waals surface area contributed by atoms with E-state index in [0.717, 1.165) is 23.1 Å². The van der Waals surface area contributed by atoms with Gasteiger partial charge in [-0.15, -0.1) is 4.80 Å². The number of halogens is 5. The summed E-state index contributed by atoms with van der Waals surface area (Å²) >= 11 is 6.10. The molecule has 12 heteroatoms. The number of anilines is 1. The van der Waals surface area contributed by atoms with Crippen molar-refractivity contribution in [1.82, 2.24) is 20.0 Å². The van der Waals surface area contributed by atoms with E-state index in [1.165, 1.54) is 43.8 Å². The minimum absolute atomic E-state index is 0.0517. The molecule has 1 amide bonds. The number of carbonyl (C=O) groups is 1. The summed E-state index contributed by atoms with van der Waals surface area (Å²) in [5, 5.41) is 9.90. The summed E-state index contributed by atoms with van der Waals surface area (Å²) in [6, 6.07) is 9.10. The van der Waals surface area contributed by atoms with Gasteiger partial charge in [-0.25, -0.2) is 9.37 Å². The molecule has 0 aliphatic rings. The summed E-state index contributed by atoms with van der Waals surface area (Å²) in [5.41, 5.74) is -0.211. The van der Waals surface area contributed by atoms with Crippen molar-refractivity contribution < 1.29 is 27.1 Å². The van der Waals surface area contributed by atoms with Crippen molar-refractivity contribution in [2.45, 2.75) is 6.18 Å². The molecule has 0 fully saturated rings. The van der Waals surface area contributed by atoms with Gasteiger partial charge in [0.25, 0.3) is 5.91 Å².